The molecule has 3 aromatic rings. The Morgan fingerprint density at radius 3 is 2.41 bits per heavy atom. The third kappa shape index (κ3) is 5.59. The first-order valence-electron chi connectivity index (χ1n) is 13.4. The number of halogens is 3. The van der Waals surface area contributed by atoms with Crippen LogP contribution in [0.25, 0.3) is 17.0 Å². The maximum Gasteiger partial charge on any atom is 0.323 e. The quantitative estimate of drug-likeness (QED) is 0.264. The van der Waals surface area contributed by atoms with Gasteiger partial charge in [-0.2, -0.15) is 0 Å². The second-order valence-electron chi connectivity index (χ2n) is 10.3. The van der Waals surface area contributed by atoms with E-state index in [2.05, 4.69) is 34.3 Å². The summed E-state index contributed by atoms with van der Waals surface area (Å²) in [6, 6.07) is 9.84. The van der Waals surface area contributed by atoms with Gasteiger partial charge < -0.3 is 14.6 Å². The molecule has 9 heteroatoms. The molecule has 1 unspecified atom stereocenters. The minimum Gasteiger partial charge on any atom is -0.468 e. The minimum absolute atomic E-state index is 0.0405. The molecule has 2 aliphatic heterocycles. The number of nitrogens with zero attached hydrogens (tertiary/aromatic N) is 2. The number of carbonyl (C=O) groups excluding carboxylic acids is 2. The van der Waals surface area contributed by atoms with Crippen LogP contribution in [0.4, 0.5) is 13.2 Å². The number of likely N-dealkylation sites (tertiary alicyclic amines) is 2. The molecule has 0 spiro atoms. The summed E-state index contributed by atoms with van der Waals surface area (Å²) in [5.74, 6) is -4.30. The number of amides is 1. The number of hydrogen-bond acceptors (Lipinski definition) is 4. The zero-order valence-electron chi connectivity index (χ0n) is 21.8. The number of carbonyl (C=O) groups is 2. The van der Waals surface area contributed by atoms with Crippen LogP contribution < -0.4 is 0 Å². The van der Waals surface area contributed by atoms with Crippen LogP contribution in [0.1, 0.15) is 42.7 Å². The number of fused-ring (bicyclic) bond motifs is 1. The topological polar surface area (TPSA) is 65.6 Å². The van der Waals surface area contributed by atoms with Crippen LogP contribution in [0, 0.1) is 23.4 Å². The number of hydrogen-bond donors (Lipinski definition) is 1. The lowest BCUT2D eigenvalue weighted by Gasteiger charge is -2.42. The predicted molar refractivity (Wildman–Crippen MR) is 142 cm³/mol. The van der Waals surface area contributed by atoms with Gasteiger partial charge in [-0.05, 0) is 80.4 Å². The van der Waals surface area contributed by atoms with Crippen LogP contribution in [0.3, 0.4) is 0 Å². The van der Waals surface area contributed by atoms with Crippen molar-refractivity contribution in [3.63, 3.8) is 0 Å². The highest BCUT2D eigenvalue weighted by atomic mass is 19.2. The Morgan fingerprint density at radius 1 is 0.974 bits per heavy atom. The smallest absolute Gasteiger partial charge is 0.323 e. The van der Waals surface area contributed by atoms with Gasteiger partial charge in [-0.25, -0.2) is 13.2 Å². The van der Waals surface area contributed by atoms with Gasteiger partial charge in [-0.15, -0.1) is 0 Å². The Kier molecular flexibility index (Phi) is 8.07. The summed E-state index contributed by atoms with van der Waals surface area (Å²) in [6.45, 7) is 2.44. The molecule has 2 aromatic carbocycles. The van der Waals surface area contributed by atoms with Crippen molar-refractivity contribution in [2.24, 2.45) is 5.92 Å². The van der Waals surface area contributed by atoms with Gasteiger partial charge >= 0.3 is 5.97 Å². The predicted octanol–water partition coefficient (Wildman–Crippen LogP) is 5.26. The molecule has 206 valence electrons. The van der Waals surface area contributed by atoms with E-state index in [1.807, 2.05) is 6.07 Å². The number of esters is 1. The average Bonchev–Trinajstić information content (AvgIpc) is 3.40. The number of para-hydroxylation sites is 1. The monoisotopic (exact) mass is 539 g/mol. The van der Waals surface area contributed by atoms with Crippen LogP contribution >= 0.6 is 0 Å². The van der Waals surface area contributed by atoms with E-state index < -0.39 is 17.5 Å². The van der Waals surface area contributed by atoms with E-state index in [0.29, 0.717) is 31.8 Å². The lowest BCUT2D eigenvalue weighted by molar-refractivity contribution is -0.151. The third-order valence-corrected chi connectivity index (χ3v) is 8.20. The Labute approximate surface area is 225 Å². The first-order chi connectivity index (χ1) is 18.9. The number of aromatic nitrogens is 1. The first-order valence-corrected chi connectivity index (χ1v) is 13.4. The van der Waals surface area contributed by atoms with Crippen molar-refractivity contribution < 1.29 is 27.5 Å². The van der Waals surface area contributed by atoms with E-state index in [1.54, 1.807) is 4.90 Å². The van der Waals surface area contributed by atoms with E-state index in [4.69, 9.17) is 4.74 Å². The van der Waals surface area contributed by atoms with Crippen molar-refractivity contribution in [2.75, 3.05) is 33.3 Å². The van der Waals surface area contributed by atoms with Gasteiger partial charge in [0.1, 0.15) is 6.04 Å². The largest absolute Gasteiger partial charge is 0.468 e. The van der Waals surface area contributed by atoms with E-state index in [-0.39, 0.29) is 29.4 Å². The lowest BCUT2D eigenvalue weighted by Crippen LogP contribution is -2.52. The highest BCUT2D eigenvalue weighted by Gasteiger charge is 2.39. The molecule has 5 rings (SSSR count). The molecule has 2 aliphatic rings. The SMILES string of the molecule is COC(=O)C(C1CCN(C(=O)C=Cc2ccc(F)c(F)c2F)CC1)N1CCC(c2c[nH]c3ccccc23)CC1. The standard InChI is InChI=1S/C30H32F3N3O3/c1-39-30(38)29(36-16-10-19(11-17-36)23-18-34-25-5-3-2-4-22(23)25)21-12-14-35(15-13-21)26(37)9-7-20-6-8-24(31)28(33)27(20)32/h2-9,18-19,21,29,34H,10-17H2,1H3. The van der Waals surface area contributed by atoms with Gasteiger partial charge in [0.05, 0.1) is 7.11 Å². The number of nitrogens with one attached hydrogen (secondary N) is 1. The minimum atomic E-state index is -1.57. The summed E-state index contributed by atoms with van der Waals surface area (Å²) in [7, 11) is 1.41. The van der Waals surface area contributed by atoms with Crippen molar-refractivity contribution >= 4 is 28.9 Å². The van der Waals surface area contributed by atoms with E-state index in [0.717, 1.165) is 49.7 Å². The zero-order valence-corrected chi connectivity index (χ0v) is 21.8. The third-order valence-electron chi connectivity index (χ3n) is 8.20. The Balaban J connectivity index is 1.19. The number of rotatable bonds is 6. The molecule has 2 fully saturated rings. The highest BCUT2D eigenvalue weighted by molar-refractivity contribution is 5.92. The van der Waals surface area contributed by atoms with Gasteiger partial charge in [0.25, 0.3) is 0 Å². The van der Waals surface area contributed by atoms with E-state index >= 15 is 0 Å². The molecule has 3 heterocycles. The van der Waals surface area contributed by atoms with Crippen molar-refractivity contribution in [1.82, 2.24) is 14.8 Å². The second kappa shape index (κ2) is 11.7. The number of ether oxygens (including phenoxy) is 1. The Hall–Kier alpha value is -3.59. The fraction of sp³-hybridized carbons (Fsp3) is 0.400. The van der Waals surface area contributed by atoms with Crippen LogP contribution in [0.5, 0.6) is 0 Å². The summed E-state index contributed by atoms with van der Waals surface area (Å²) in [5, 5.41) is 1.25. The summed E-state index contributed by atoms with van der Waals surface area (Å²) in [6.07, 6.45) is 7.56. The summed E-state index contributed by atoms with van der Waals surface area (Å²) in [5.41, 5.74) is 2.26. The van der Waals surface area contributed by atoms with Crippen LogP contribution in [0.2, 0.25) is 0 Å². The highest BCUT2D eigenvalue weighted by Crippen LogP contribution is 2.35. The lowest BCUT2D eigenvalue weighted by atomic mass is 9.84. The van der Waals surface area contributed by atoms with Crippen LogP contribution in [-0.4, -0.2) is 66.0 Å². The average molecular weight is 540 g/mol. The van der Waals surface area contributed by atoms with Crippen LogP contribution in [0.15, 0.2) is 48.7 Å². The Bertz CT molecular complexity index is 1370. The molecule has 39 heavy (non-hydrogen) atoms. The maximum atomic E-state index is 13.9. The van der Waals surface area contributed by atoms with Gasteiger partial charge in [0, 0.05) is 41.8 Å². The normalized spacial score (nSPS) is 18.6. The van der Waals surface area contributed by atoms with Gasteiger partial charge in [0.15, 0.2) is 17.5 Å². The van der Waals surface area contributed by atoms with E-state index in [9.17, 15) is 22.8 Å². The van der Waals surface area contributed by atoms with Crippen LogP contribution in [-0.2, 0) is 14.3 Å². The number of methoxy groups -OCH3 is 1. The molecule has 1 amide bonds. The molecule has 1 N–H and O–H groups in total. The molecular formula is C30H32F3N3O3. The molecule has 1 atom stereocenters. The summed E-state index contributed by atoms with van der Waals surface area (Å²) in [4.78, 5) is 32.8. The molecule has 2 saturated heterocycles. The maximum absolute atomic E-state index is 13.9. The number of piperidine rings is 2. The number of benzene rings is 2. The molecule has 1 aromatic heterocycles. The molecular weight excluding hydrogens is 507 g/mol. The van der Waals surface area contributed by atoms with Gasteiger partial charge in [0.2, 0.25) is 5.91 Å². The molecule has 0 saturated carbocycles. The fourth-order valence-electron chi connectivity index (χ4n) is 6.05. The first kappa shape index (κ1) is 27.0. The molecule has 0 radical (unpaired) electrons. The van der Waals surface area contributed by atoms with Gasteiger partial charge in [-0.1, -0.05) is 18.2 Å². The fourth-order valence-corrected chi connectivity index (χ4v) is 6.05. The molecule has 0 aliphatic carbocycles. The summed E-state index contributed by atoms with van der Waals surface area (Å²) < 4.78 is 45.7. The van der Waals surface area contributed by atoms with Crippen molar-refractivity contribution in [1.29, 1.82) is 0 Å². The number of H-pyrrole nitrogens is 1. The summed E-state index contributed by atoms with van der Waals surface area (Å²) >= 11 is 0. The Morgan fingerprint density at radius 2 is 1.69 bits per heavy atom. The van der Waals surface area contributed by atoms with Crippen molar-refractivity contribution in [2.45, 2.75) is 37.6 Å². The molecule has 6 nitrogen and oxygen atoms in total. The molecule has 0 bridgehead atoms. The van der Waals surface area contributed by atoms with Crippen molar-refractivity contribution in [3.05, 3.63) is 77.2 Å². The van der Waals surface area contributed by atoms with E-state index in [1.165, 1.54) is 24.1 Å². The van der Waals surface area contributed by atoms with Crippen molar-refractivity contribution in [3.8, 4) is 0 Å². The second-order valence-corrected chi connectivity index (χ2v) is 10.3. The number of aromatic amines is 1. The van der Waals surface area contributed by atoms with Gasteiger partial charge in [-0.3, -0.25) is 14.5 Å². The zero-order chi connectivity index (χ0) is 27.5.